The SMILES string of the molecule is Cc1ccc(Cn2c(-c3ccc(Oc4ccc(NC(=O)OCCCCN(C)C)cc4)cc3)cc(C(F)(F)F)c(C#N)c2=O)c(C)c1. The van der Waals surface area contributed by atoms with Crippen molar-refractivity contribution in [3.63, 3.8) is 0 Å². The summed E-state index contributed by atoms with van der Waals surface area (Å²) in [6, 6.07) is 20.8. The second-order valence-corrected chi connectivity index (χ2v) is 11.2. The minimum atomic E-state index is -4.90. The summed E-state index contributed by atoms with van der Waals surface area (Å²) in [6.07, 6.45) is -3.77. The van der Waals surface area contributed by atoms with E-state index in [0.717, 1.165) is 42.1 Å². The molecule has 0 spiro atoms. The first-order valence-electron chi connectivity index (χ1n) is 14.6. The van der Waals surface area contributed by atoms with Crippen molar-refractivity contribution in [1.29, 1.82) is 5.26 Å². The molecule has 11 heteroatoms. The molecule has 0 radical (unpaired) electrons. The first kappa shape index (κ1) is 33.8. The fourth-order valence-corrected chi connectivity index (χ4v) is 4.85. The van der Waals surface area contributed by atoms with Gasteiger partial charge < -0.3 is 18.9 Å². The highest BCUT2D eigenvalue weighted by Gasteiger charge is 2.36. The first-order chi connectivity index (χ1) is 21.8. The molecule has 1 aromatic heterocycles. The Hall–Kier alpha value is -5.08. The average Bonchev–Trinajstić information content (AvgIpc) is 2.99. The van der Waals surface area contributed by atoms with Gasteiger partial charge in [0.15, 0.2) is 0 Å². The molecule has 0 bridgehead atoms. The van der Waals surface area contributed by atoms with Crippen LogP contribution in [0, 0.1) is 25.2 Å². The number of rotatable bonds is 11. The Labute approximate surface area is 265 Å². The Morgan fingerprint density at radius 3 is 2.20 bits per heavy atom. The highest BCUT2D eigenvalue weighted by atomic mass is 19.4. The molecule has 0 aliphatic heterocycles. The van der Waals surface area contributed by atoms with Gasteiger partial charge in [-0.1, -0.05) is 23.8 Å². The van der Waals surface area contributed by atoms with Crippen molar-refractivity contribution in [1.82, 2.24) is 9.47 Å². The van der Waals surface area contributed by atoms with Crippen molar-refractivity contribution in [3.05, 3.63) is 111 Å². The average molecular weight is 633 g/mol. The molecule has 1 amide bonds. The lowest BCUT2D eigenvalue weighted by Gasteiger charge is -2.19. The van der Waals surface area contributed by atoms with Gasteiger partial charge in [-0.3, -0.25) is 10.1 Å². The van der Waals surface area contributed by atoms with E-state index in [0.29, 0.717) is 29.4 Å². The minimum absolute atomic E-state index is 0.0165. The van der Waals surface area contributed by atoms with Gasteiger partial charge in [-0.05, 0) is 119 Å². The number of hydrogen-bond donors (Lipinski definition) is 1. The van der Waals surface area contributed by atoms with Crippen molar-refractivity contribution >= 4 is 11.8 Å². The molecule has 4 aromatic rings. The van der Waals surface area contributed by atoms with E-state index >= 15 is 0 Å². The van der Waals surface area contributed by atoms with E-state index in [1.54, 1.807) is 48.5 Å². The van der Waals surface area contributed by atoms with Gasteiger partial charge in [-0.15, -0.1) is 0 Å². The van der Waals surface area contributed by atoms with E-state index in [2.05, 4.69) is 10.2 Å². The third kappa shape index (κ3) is 8.76. The summed E-state index contributed by atoms with van der Waals surface area (Å²) >= 11 is 0. The van der Waals surface area contributed by atoms with Crippen molar-refractivity contribution in [2.45, 2.75) is 39.4 Å². The van der Waals surface area contributed by atoms with Gasteiger partial charge in [0.25, 0.3) is 5.56 Å². The van der Waals surface area contributed by atoms with E-state index in [4.69, 9.17) is 9.47 Å². The monoisotopic (exact) mass is 632 g/mol. The van der Waals surface area contributed by atoms with Gasteiger partial charge in [0.1, 0.15) is 23.1 Å². The van der Waals surface area contributed by atoms with Crippen LogP contribution in [0.25, 0.3) is 11.3 Å². The largest absolute Gasteiger partial charge is 0.457 e. The topological polar surface area (TPSA) is 96.6 Å². The van der Waals surface area contributed by atoms with Crippen LogP contribution in [-0.2, 0) is 17.5 Å². The Morgan fingerprint density at radius 2 is 1.61 bits per heavy atom. The Morgan fingerprint density at radius 1 is 0.957 bits per heavy atom. The number of hydrogen-bond acceptors (Lipinski definition) is 6. The number of alkyl halides is 3. The number of halogens is 3. The number of aromatic nitrogens is 1. The molecule has 0 aliphatic rings. The van der Waals surface area contributed by atoms with Crippen LogP contribution >= 0.6 is 0 Å². The minimum Gasteiger partial charge on any atom is -0.457 e. The molecular weight excluding hydrogens is 597 g/mol. The molecule has 4 rings (SSSR count). The molecule has 240 valence electrons. The van der Waals surface area contributed by atoms with E-state index in [1.807, 2.05) is 46.1 Å². The number of anilines is 1. The van der Waals surface area contributed by atoms with Crippen molar-refractivity contribution in [2.75, 3.05) is 32.6 Å². The number of carbonyl (C=O) groups excluding carboxylic acids is 1. The Balaban J connectivity index is 1.52. The third-order valence-corrected chi connectivity index (χ3v) is 7.26. The second kappa shape index (κ2) is 14.8. The summed E-state index contributed by atoms with van der Waals surface area (Å²) in [5.41, 5.74) is 0.230. The number of amides is 1. The van der Waals surface area contributed by atoms with Crippen LogP contribution in [0.15, 0.2) is 77.6 Å². The zero-order valence-electron chi connectivity index (χ0n) is 26.1. The number of ether oxygens (including phenoxy) is 2. The van der Waals surface area contributed by atoms with Gasteiger partial charge in [0.05, 0.1) is 24.4 Å². The van der Waals surface area contributed by atoms with E-state index in [1.165, 1.54) is 10.6 Å². The van der Waals surface area contributed by atoms with Gasteiger partial charge in [-0.25, -0.2) is 4.79 Å². The predicted molar refractivity (Wildman–Crippen MR) is 170 cm³/mol. The molecule has 0 saturated heterocycles. The molecule has 8 nitrogen and oxygen atoms in total. The lowest BCUT2D eigenvalue weighted by atomic mass is 10.0. The number of benzene rings is 3. The maximum absolute atomic E-state index is 13.9. The van der Waals surface area contributed by atoms with Crippen LogP contribution in [-0.4, -0.2) is 42.8 Å². The molecular formula is C35H35F3N4O4. The fraction of sp³-hybridized carbons (Fsp3) is 0.286. The molecule has 1 N–H and O–H groups in total. The summed E-state index contributed by atoms with van der Waals surface area (Å²) in [6.45, 7) is 4.99. The maximum Gasteiger partial charge on any atom is 0.417 e. The highest BCUT2D eigenvalue weighted by molar-refractivity contribution is 5.84. The second-order valence-electron chi connectivity index (χ2n) is 11.2. The number of carbonyl (C=O) groups is 1. The van der Waals surface area contributed by atoms with Gasteiger partial charge >= 0.3 is 12.3 Å². The number of nitrogens with one attached hydrogen (secondary N) is 1. The number of nitrogens with zero attached hydrogens (tertiary/aromatic N) is 3. The van der Waals surface area contributed by atoms with E-state index < -0.39 is 29.0 Å². The molecule has 3 aromatic carbocycles. The van der Waals surface area contributed by atoms with E-state index in [9.17, 15) is 28.0 Å². The number of aryl methyl sites for hydroxylation is 2. The fourth-order valence-electron chi connectivity index (χ4n) is 4.85. The lowest BCUT2D eigenvalue weighted by Crippen LogP contribution is -2.29. The van der Waals surface area contributed by atoms with Crippen molar-refractivity contribution in [2.24, 2.45) is 0 Å². The van der Waals surface area contributed by atoms with E-state index in [-0.39, 0.29) is 12.2 Å². The molecule has 1 heterocycles. The number of pyridine rings is 1. The third-order valence-electron chi connectivity index (χ3n) is 7.26. The summed E-state index contributed by atoms with van der Waals surface area (Å²) in [7, 11) is 3.97. The standard InChI is InChI=1S/C35H35F3N4O4/c1-23-7-8-26(24(2)19-23)22-42-32(20-31(35(36,37)38)30(21-39)33(42)43)25-9-13-28(14-10-25)46-29-15-11-27(12-16-29)40-34(44)45-18-6-5-17-41(3)4/h7-16,19-20H,5-6,17-18,22H2,1-4H3,(H,40,44). The number of unbranched alkanes of at least 4 members (excludes halogenated alkanes) is 1. The maximum atomic E-state index is 13.9. The predicted octanol–water partition coefficient (Wildman–Crippen LogP) is 7.75. The molecule has 0 fully saturated rings. The Kier molecular flexibility index (Phi) is 10.9. The summed E-state index contributed by atoms with van der Waals surface area (Å²) < 4.78 is 54.1. The molecule has 46 heavy (non-hydrogen) atoms. The van der Waals surface area contributed by atoms with Crippen LogP contribution in [0.4, 0.5) is 23.7 Å². The number of nitriles is 1. The first-order valence-corrected chi connectivity index (χ1v) is 14.6. The lowest BCUT2D eigenvalue weighted by molar-refractivity contribution is -0.137. The zero-order valence-corrected chi connectivity index (χ0v) is 26.1. The molecule has 0 unspecified atom stereocenters. The normalized spacial score (nSPS) is 11.3. The molecule has 0 saturated carbocycles. The Bertz CT molecular complexity index is 1770. The van der Waals surface area contributed by atoms with Crippen LogP contribution < -0.4 is 15.6 Å². The van der Waals surface area contributed by atoms with Gasteiger partial charge in [0.2, 0.25) is 0 Å². The highest BCUT2D eigenvalue weighted by Crippen LogP contribution is 2.34. The van der Waals surface area contributed by atoms with Gasteiger partial charge in [0, 0.05) is 5.69 Å². The van der Waals surface area contributed by atoms with Gasteiger partial charge in [-0.2, -0.15) is 18.4 Å². The quantitative estimate of drug-likeness (QED) is 0.170. The zero-order chi connectivity index (χ0) is 33.4. The summed E-state index contributed by atoms with van der Waals surface area (Å²) in [5.74, 6) is 0.856. The van der Waals surface area contributed by atoms with Crippen LogP contribution in [0.3, 0.4) is 0 Å². The molecule has 0 atom stereocenters. The smallest absolute Gasteiger partial charge is 0.417 e. The van der Waals surface area contributed by atoms with Crippen LogP contribution in [0.1, 0.15) is 40.7 Å². The van der Waals surface area contributed by atoms with Crippen molar-refractivity contribution < 1.29 is 27.4 Å². The molecule has 0 aliphatic carbocycles. The summed E-state index contributed by atoms with van der Waals surface area (Å²) in [5, 5.41) is 12.2. The van der Waals surface area contributed by atoms with Crippen LogP contribution in [0.2, 0.25) is 0 Å². The van der Waals surface area contributed by atoms with Crippen LogP contribution in [0.5, 0.6) is 11.5 Å². The summed E-state index contributed by atoms with van der Waals surface area (Å²) in [4.78, 5) is 27.4. The van der Waals surface area contributed by atoms with Crippen molar-refractivity contribution in [3.8, 4) is 28.8 Å².